The number of rotatable bonds is 3. The Hall–Kier alpha value is -2.80. The van der Waals surface area contributed by atoms with Gasteiger partial charge in [0, 0.05) is 43.9 Å². The molecule has 1 aliphatic heterocycles. The van der Waals surface area contributed by atoms with Gasteiger partial charge in [-0.1, -0.05) is 6.07 Å². The van der Waals surface area contributed by atoms with E-state index in [1.807, 2.05) is 19.1 Å². The molecule has 128 valence electrons. The monoisotopic (exact) mass is 337 g/mol. The molecule has 0 bridgehead atoms. The molecule has 0 saturated heterocycles. The summed E-state index contributed by atoms with van der Waals surface area (Å²) in [5.41, 5.74) is 4.47. The Morgan fingerprint density at radius 1 is 1.32 bits per heavy atom. The molecule has 3 aromatic heterocycles. The Morgan fingerprint density at radius 3 is 3.04 bits per heavy atom. The van der Waals surface area contributed by atoms with Crippen molar-refractivity contribution in [1.29, 1.82) is 0 Å². The predicted octanol–water partition coefficient (Wildman–Crippen LogP) is 1.36. The number of hydrogen-bond acceptors (Lipinski definition) is 6. The van der Waals surface area contributed by atoms with Crippen molar-refractivity contribution in [2.75, 3.05) is 13.7 Å². The van der Waals surface area contributed by atoms with Crippen molar-refractivity contribution in [3.05, 3.63) is 63.6 Å². The largest absolute Gasteiger partial charge is 0.481 e. The zero-order valence-electron chi connectivity index (χ0n) is 14.3. The molecule has 0 aromatic carbocycles. The van der Waals surface area contributed by atoms with Gasteiger partial charge in [0.05, 0.1) is 18.5 Å². The number of hydrogen-bond donors (Lipinski definition) is 0. The van der Waals surface area contributed by atoms with Crippen LogP contribution in [0.1, 0.15) is 22.5 Å². The first-order valence-electron chi connectivity index (χ1n) is 8.22. The van der Waals surface area contributed by atoms with Gasteiger partial charge in [0.2, 0.25) is 5.88 Å². The van der Waals surface area contributed by atoms with Gasteiger partial charge >= 0.3 is 0 Å². The van der Waals surface area contributed by atoms with Crippen molar-refractivity contribution in [3.63, 3.8) is 0 Å². The Labute approximate surface area is 144 Å². The molecule has 0 radical (unpaired) electrons. The summed E-state index contributed by atoms with van der Waals surface area (Å²) in [6, 6.07) is 5.44. The van der Waals surface area contributed by atoms with Crippen LogP contribution in [-0.4, -0.2) is 37.9 Å². The van der Waals surface area contributed by atoms with Gasteiger partial charge in [-0.15, -0.1) is 0 Å². The Kier molecular flexibility index (Phi) is 3.93. The van der Waals surface area contributed by atoms with E-state index in [1.54, 1.807) is 30.1 Å². The number of methoxy groups -OCH3 is 1. The fourth-order valence-electron chi connectivity index (χ4n) is 3.30. The van der Waals surface area contributed by atoms with Crippen molar-refractivity contribution in [1.82, 2.24) is 24.3 Å². The van der Waals surface area contributed by atoms with Gasteiger partial charge < -0.3 is 4.74 Å². The predicted molar refractivity (Wildman–Crippen MR) is 92.6 cm³/mol. The van der Waals surface area contributed by atoms with Crippen LogP contribution in [0.25, 0.3) is 5.65 Å². The summed E-state index contributed by atoms with van der Waals surface area (Å²) in [5.74, 6) is 0.622. The van der Waals surface area contributed by atoms with Gasteiger partial charge in [0.15, 0.2) is 0 Å². The lowest BCUT2D eigenvalue weighted by Gasteiger charge is -2.28. The summed E-state index contributed by atoms with van der Waals surface area (Å²) >= 11 is 0. The van der Waals surface area contributed by atoms with Crippen LogP contribution in [0.4, 0.5) is 0 Å². The second kappa shape index (κ2) is 6.25. The number of fused-ring (bicyclic) bond motifs is 2. The van der Waals surface area contributed by atoms with Crippen LogP contribution >= 0.6 is 0 Å². The van der Waals surface area contributed by atoms with Crippen LogP contribution in [0.2, 0.25) is 0 Å². The molecule has 0 saturated carbocycles. The van der Waals surface area contributed by atoms with E-state index >= 15 is 0 Å². The standard InChI is InChI=1S/C18H19N5O2/c1-12-4-3-6-23-16(24)8-13(21-17(12)23)9-22-7-5-15-14(10-22)18(25-2)20-11-19-15/h3-4,6,8,11H,5,7,9-10H2,1-2H3. The first kappa shape index (κ1) is 15.7. The van der Waals surface area contributed by atoms with Crippen molar-refractivity contribution < 1.29 is 4.74 Å². The summed E-state index contributed by atoms with van der Waals surface area (Å²) in [6.07, 6.45) is 4.13. The number of pyridine rings is 1. The van der Waals surface area contributed by atoms with Crippen molar-refractivity contribution in [2.45, 2.75) is 26.4 Å². The van der Waals surface area contributed by atoms with Crippen LogP contribution in [0, 0.1) is 6.92 Å². The zero-order chi connectivity index (χ0) is 17.4. The second-order valence-electron chi connectivity index (χ2n) is 6.24. The van der Waals surface area contributed by atoms with E-state index < -0.39 is 0 Å². The highest BCUT2D eigenvalue weighted by Gasteiger charge is 2.22. The molecule has 3 aromatic rings. The molecule has 7 nitrogen and oxygen atoms in total. The quantitative estimate of drug-likeness (QED) is 0.718. The third-order valence-electron chi connectivity index (χ3n) is 4.56. The molecule has 1 aliphatic rings. The smallest absolute Gasteiger partial charge is 0.258 e. The molecule has 0 amide bonds. The maximum Gasteiger partial charge on any atom is 0.258 e. The summed E-state index contributed by atoms with van der Waals surface area (Å²) in [7, 11) is 1.62. The normalized spacial score (nSPS) is 14.5. The molecule has 0 fully saturated rings. The minimum Gasteiger partial charge on any atom is -0.481 e. The van der Waals surface area contributed by atoms with Crippen molar-refractivity contribution >= 4 is 5.65 Å². The number of nitrogens with zero attached hydrogens (tertiary/aromatic N) is 5. The number of ether oxygens (including phenoxy) is 1. The Balaban J connectivity index is 1.64. The average Bonchev–Trinajstić information content (AvgIpc) is 2.62. The maximum atomic E-state index is 12.4. The molecule has 0 aliphatic carbocycles. The van der Waals surface area contributed by atoms with E-state index in [4.69, 9.17) is 4.74 Å². The lowest BCUT2D eigenvalue weighted by molar-refractivity contribution is 0.233. The first-order valence-corrected chi connectivity index (χ1v) is 8.22. The summed E-state index contributed by atoms with van der Waals surface area (Å²) in [6.45, 7) is 4.12. The van der Waals surface area contributed by atoms with E-state index in [0.717, 1.165) is 35.5 Å². The fraction of sp³-hybridized carbons (Fsp3) is 0.333. The van der Waals surface area contributed by atoms with Gasteiger partial charge in [-0.3, -0.25) is 14.1 Å². The van der Waals surface area contributed by atoms with Crippen LogP contribution < -0.4 is 10.3 Å². The lowest BCUT2D eigenvalue weighted by Crippen LogP contribution is -2.32. The van der Waals surface area contributed by atoms with Gasteiger partial charge in [-0.25, -0.2) is 15.0 Å². The molecule has 0 N–H and O–H groups in total. The fourth-order valence-corrected chi connectivity index (χ4v) is 3.30. The van der Waals surface area contributed by atoms with E-state index in [9.17, 15) is 4.79 Å². The molecule has 7 heteroatoms. The van der Waals surface area contributed by atoms with Gasteiger partial charge in [-0.05, 0) is 18.6 Å². The molecule has 0 unspecified atom stereocenters. The van der Waals surface area contributed by atoms with Crippen LogP contribution in [0.5, 0.6) is 5.88 Å². The highest BCUT2D eigenvalue weighted by Crippen LogP contribution is 2.25. The van der Waals surface area contributed by atoms with Crippen molar-refractivity contribution in [2.24, 2.45) is 0 Å². The average molecular weight is 337 g/mol. The minimum absolute atomic E-state index is 0.0537. The van der Waals surface area contributed by atoms with Crippen LogP contribution in [0.3, 0.4) is 0 Å². The van der Waals surface area contributed by atoms with Crippen LogP contribution in [-0.2, 0) is 19.5 Å². The Morgan fingerprint density at radius 2 is 2.20 bits per heavy atom. The summed E-state index contributed by atoms with van der Waals surface area (Å²) < 4.78 is 6.94. The minimum atomic E-state index is -0.0537. The molecule has 0 atom stereocenters. The van der Waals surface area contributed by atoms with E-state index in [-0.39, 0.29) is 5.56 Å². The topological polar surface area (TPSA) is 72.6 Å². The second-order valence-corrected chi connectivity index (χ2v) is 6.24. The molecule has 4 rings (SSSR count). The molecular formula is C18H19N5O2. The van der Waals surface area contributed by atoms with E-state index in [1.165, 1.54) is 0 Å². The van der Waals surface area contributed by atoms with Gasteiger partial charge in [-0.2, -0.15) is 0 Å². The first-order chi connectivity index (χ1) is 12.2. The summed E-state index contributed by atoms with van der Waals surface area (Å²) in [5, 5.41) is 0. The number of aromatic nitrogens is 4. The van der Waals surface area contributed by atoms with Crippen LogP contribution in [0.15, 0.2) is 35.5 Å². The lowest BCUT2D eigenvalue weighted by atomic mass is 10.1. The third kappa shape index (κ3) is 2.87. The highest BCUT2D eigenvalue weighted by molar-refractivity contribution is 5.46. The SMILES string of the molecule is COc1ncnc2c1CN(Cc1cc(=O)n3cccc(C)c3n1)CC2. The molecular weight excluding hydrogens is 318 g/mol. The summed E-state index contributed by atoms with van der Waals surface area (Å²) in [4.78, 5) is 27.8. The molecule has 4 heterocycles. The van der Waals surface area contributed by atoms with E-state index in [0.29, 0.717) is 24.6 Å². The third-order valence-corrected chi connectivity index (χ3v) is 4.56. The van der Waals surface area contributed by atoms with Gasteiger partial charge in [0.25, 0.3) is 5.56 Å². The molecule has 0 spiro atoms. The zero-order valence-corrected chi connectivity index (χ0v) is 14.3. The van der Waals surface area contributed by atoms with Gasteiger partial charge in [0.1, 0.15) is 12.0 Å². The van der Waals surface area contributed by atoms with E-state index in [2.05, 4.69) is 19.9 Å². The van der Waals surface area contributed by atoms with Crippen molar-refractivity contribution in [3.8, 4) is 5.88 Å². The molecule has 25 heavy (non-hydrogen) atoms. The number of aryl methyl sites for hydroxylation is 1. The maximum absolute atomic E-state index is 12.4. The highest BCUT2D eigenvalue weighted by atomic mass is 16.5. The Bertz CT molecular complexity index is 984.